The number of amides is 1. The van der Waals surface area contributed by atoms with Gasteiger partial charge < -0.3 is 9.64 Å². The number of rotatable bonds is 6. The van der Waals surface area contributed by atoms with E-state index in [1.807, 2.05) is 37.3 Å². The number of methoxy groups -OCH3 is 1. The van der Waals surface area contributed by atoms with E-state index in [-0.39, 0.29) is 23.5 Å². The minimum atomic E-state index is -3.09. The quantitative estimate of drug-likeness (QED) is 0.761. The van der Waals surface area contributed by atoms with Crippen LogP contribution in [0.15, 0.2) is 36.4 Å². The summed E-state index contributed by atoms with van der Waals surface area (Å²) in [7, 11) is -1.53. The molecule has 1 aromatic carbocycles. The first-order valence-electron chi connectivity index (χ1n) is 8.54. The van der Waals surface area contributed by atoms with Crippen LogP contribution < -0.4 is 0 Å². The number of carbonyl (C=O) groups is 1. The van der Waals surface area contributed by atoms with Gasteiger partial charge in [-0.2, -0.15) is 5.10 Å². The van der Waals surface area contributed by atoms with Crippen LogP contribution in [0.2, 0.25) is 0 Å². The van der Waals surface area contributed by atoms with Gasteiger partial charge in [0.2, 0.25) is 0 Å². The molecule has 0 spiro atoms. The van der Waals surface area contributed by atoms with Gasteiger partial charge in [0.15, 0.2) is 15.5 Å². The number of hydrogen-bond donors (Lipinski definition) is 0. The lowest BCUT2D eigenvalue weighted by Crippen LogP contribution is -2.43. The molecule has 2 heterocycles. The van der Waals surface area contributed by atoms with Gasteiger partial charge in [0.05, 0.1) is 23.8 Å². The number of carbonyl (C=O) groups excluding carboxylic acids is 1. The maximum absolute atomic E-state index is 13.0. The first kappa shape index (κ1) is 18.6. The third kappa shape index (κ3) is 3.96. The van der Waals surface area contributed by atoms with Crippen LogP contribution in [0.25, 0.3) is 5.69 Å². The third-order valence-electron chi connectivity index (χ3n) is 4.55. The molecule has 3 rings (SSSR count). The molecule has 2 aromatic rings. The maximum atomic E-state index is 13.0. The highest BCUT2D eigenvalue weighted by molar-refractivity contribution is 7.91. The van der Waals surface area contributed by atoms with Crippen molar-refractivity contribution in [2.75, 3.05) is 31.8 Å². The van der Waals surface area contributed by atoms with Crippen molar-refractivity contribution in [3.05, 3.63) is 47.8 Å². The Bertz CT molecular complexity index is 877. The van der Waals surface area contributed by atoms with Crippen LogP contribution in [0.4, 0.5) is 0 Å². The Morgan fingerprint density at radius 3 is 2.69 bits per heavy atom. The summed E-state index contributed by atoms with van der Waals surface area (Å²) in [6, 6.07) is 11.0. The Hall–Kier alpha value is -2.19. The number of nitrogens with zero attached hydrogens (tertiary/aromatic N) is 3. The fourth-order valence-corrected chi connectivity index (χ4v) is 4.95. The highest BCUT2D eigenvalue weighted by Gasteiger charge is 2.35. The van der Waals surface area contributed by atoms with Crippen LogP contribution in [0.5, 0.6) is 0 Å². The Balaban J connectivity index is 1.87. The van der Waals surface area contributed by atoms with E-state index in [4.69, 9.17) is 4.74 Å². The summed E-state index contributed by atoms with van der Waals surface area (Å²) in [5.41, 5.74) is 2.02. The van der Waals surface area contributed by atoms with Crippen LogP contribution in [-0.2, 0) is 14.6 Å². The monoisotopic (exact) mass is 377 g/mol. The van der Waals surface area contributed by atoms with E-state index in [0.717, 1.165) is 11.4 Å². The normalized spacial score (nSPS) is 18.8. The Labute approximate surface area is 153 Å². The second-order valence-electron chi connectivity index (χ2n) is 6.47. The van der Waals surface area contributed by atoms with Gasteiger partial charge in [-0.25, -0.2) is 13.1 Å². The third-order valence-corrected chi connectivity index (χ3v) is 6.30. The largest absolute Gasteiger partial charge is 0.383 e. The summed E-state index contributed by atoms with van der Waals surface area (Å²) >= 11 is 0. The predicted octanol–water partition coefficient (Wildman–Crippen LogP) is 1.46. The molecule has 0 bridgehead atoms. The van der Waals surface area contributed by atoms with Gasteiger partial charge in [-0.05, 0) is 31.5 Å². The lowest BCUT2D eigenvalue weighted by molar-refractivity contribution is 0.0618. The van der Waals surface area contributed by atoms with Crippen molar-refractivity contribution in [2.24, 2.45) is 0 Å². The number of aromatic nitrogens is 2. The lowest BCUT2D eigenvalue weighted by Gasteiger charge is -2.27. The Morgan fingerprint density at radius 1 is 1.35 bits per heavy atom. The van der Waals surface area contributed by atoms with Crippen LogP contribution in [0, 0.1) is 6.92 Å². The van der Waals surface area contributed by atoms with E-state index in [9.17, 15) is 13.2 Å². The summed E-state index contributed by atoms with van der Waals surface area (Å²) in [6.07, 6.45) is 0.455. The number of hydrogen-bond acceptors (Lipinski definition) is 5. The minimum Gasteiger partial charge on any atom is -0.383 e. The molecule has 0 saturated carbocycles. The summed E-state index contributed by atoms with van der Waals surface area (Å²) in [4.78, 5) is 14.6. The molecule has 0 N–H and O–H groups in total. The van der Waals surface area contributed by atoms with Crippen molar-refractivity contribution in [3.8, 4) is 5.69 Å². The fourth-order valence-electron chi connectivity index (χ4n) is 3.22. The molecule has 1 saturated heterocycles. The van der Waals surface area contributed by atoms with Crippen molar-refractivity contribution in [2.45, 2.75) is 19.4 Å². The van der Waals surface area contributed by atoms with Crippen LogP contribution in [0.1, 0.15) is 22.6 Å². The van der Waals surface area contributed by atoms with E-state index >= 15 is 0 Å². The van der Waals surface area contributed by atoms with Gasteiger partial charge in [-0.15, -0.1) is 0 Å². The maximum Gasteiger partial charge on any atom is 0.274 e. The number of ether oxygens (including phenoxy) is 1. The molecule has 1 fully saturated rings. The van der Waals surface area contributed by atoms with E-state index in [2.05, 4.69) is 5.10 Å². The zero-order valence-electron chi connectivity index (χ0n) is 15.0. The summed E-state index contributed by atoms with van der Waals surface area (Å²) in [6.45, 7) is 2.57. The molecule has 0 radical (unpaired) electrons. The van der Waals surface area contributed by atoms with Gasteiger partial charge in [0.1, 0.15) is 0 Å². The van der Waals surface area contributed by atoms with Gasteiger partial charge in [-0.1, -0.05) is 18.2 Å². The van der Waals surface area contributed by atoms with Crippen molar-refractivity contribution in [1.82, 2.24) is 14.7 Å². The average Bonchev–Trinajstić information content (AvgIpc) is 3.18. The lowest BCUT2D eigenvalue weighted by atomic mass is 10.2. The van der Waals surface area contributed by atoms with Crippen molar-refractivity contribution in [1.29, 1.82) is 0 Å². The zero-order valence-corrected chi connectivity index (χ0v) is 15.8. The molecule has 1 unspecified atom stereocenters. The molecule has 1 atom stereocenters. The second-order valence-corrected chi connectivity index (χ2v) is 8.70. The predicted molar refractivity (Wildman–Crippen MR) is 98.3 cm³/mol. The van der Waals surface area contributed by atoms with Crippen molar-refractivity contribution >= 4 is 15.7 Å². The van der Waals surface area contributed by atoms with Gasteiger partial charge in [-0.3, -0.25) is 4.79 Å². The van der Waals surface area contributed by atoms with Crippen LogP contribution in [0.3, 0.4) is 0 Å². The number of sulfone groups is 1. The summed E-state index contributed by atoms with van der Waals surface area (Å²) in [5, 5.41) is 4.45. The first-order chi connectivity index (χ1) is 12.4. The second kappa shape index (κ2) is 7.59. The van der Waals surface area contributed by atoms with Crippen LogP contribution >= 0.6 is 0 Å². The van der Waals surface area contributed by atoms with Crippen molar-refractivity contribution in [3.63, 3.8) is 0 Å². The van der Waals surface area contributed by atoms with Gasteiger partial charge >= 0.3 is 0 Å². The molecular weight excluding hydrogens is 354 g/mol. The van der Waals surface area contributed by atoms with Crippen molar-refractivity contribution < 1.29 is 17.9 Å². The topological polar surface area (TPSA) is 81.5 Å². The van der Waals surface area contributed by atoms with Gasteiger partial charge in [0.25, 0.3) is 5.91 Å². The molecule has 8 heteroatoms. The SMILES string of the molecule is COCCN(C(=O)c1cc(C)n(-c2ccccc2)n1)C1CCS(=O)(=O)C1. The smallest absolute Gasteiger partial charge is 0.274 e. The Kier molecular flexibility index (Phi) is 5.43. The number of benzene rings is 1. The summed E-state index contributed by atoms with van der Waals surface area (Å²) in [5.74, 6) is -0.144. The molecule has 1 aromatic heterocycles. The summed E-state index contributed by atoms with van der Waals surface area (Å²) < 4.78 is 30.5. The standard InChI is InChI=1S/C18H23N3O4S/c1-14-12-17(19-21(14)15-6-4-3-5-7-15)18(22)20(9-10-25-2)16-8-11-26(23,24)13-16/h3-7,12,16H,8-11,13H2,1-2H3. The van der Waals surface area contributed by atoms with E-state index in [0.29, 0.717) is 25.3 Å². The average molecular weight is 377 g/mol. The highest BCUT2D eigenvalue weighted by atomic mass is 32.2. The molecular formula is C18H23N3O4S. The molecule has 1 aliphatic rings. The zero-order chi connectivity index (χ0) is 18.7. The molecule has 26 heavy (non-hydrogen) atoms. The number of para-hydroxylation sites is 1. The molecule has 0 aliphatic carbocycles. The van der Waals surface area contributed by atoms with E-state index in [1.165, 1.54) is 0 Å². The van der Waals surface area contributed by atoms with Crippen LogP contribution in [-0.4, -0.2) is 66.8 Å². The molecule has 1 amide bonds. The first-order valence-corrected chi connectivity index (χ1v) is 10.4. The Morgan fingerprint density at radius 2 is 2.08 bits per heavy atom. The molecule has 1 aliphatic heterocycles. The minimum absolute atomic E-state index is 0.000824. The fraction of sp³-hybridized carbons (Fsp3) is 0.444. The molecule has 7 nitrogen and oxygen atoms in total. The van der Waals surface area contributed by atoms with Gasteiger partial charge in [0, 0.05) is 25.4 Å². The van der Waals surface area contributed by atoms with E-state index in [1.54, 1.807) is 22.8 Å². The van der Waals surface area contributed by atoms with E-state index < -0.39 is 9.84 Å². The number of aryl methyl sites for hydroxylation is 1. The molecule has 140 valence electrons. The highest BCUT2D eigenvalue weighted by Crippen LogP contribution is 2.21.